The van der Waals surface area contributed by atoms with Crippen LogP contribution >= 0.6 is 0 Å². The zero-order valence-electron chi connectivity index (χ0n) is 8.44. The van der Waals surface area contributed by atoms with E-state index in [2.05, 4.69) is 11.9 Å². The number of rotatable bonds is 3. The van der Waals surface area contributed by atoms with Crippen LogP contribution < -0.4 is 5.32 Å². The van der Waals surface area contributed by atoms with Crippen LogP contribution in [0.4, 0.5) is 0 Å². The SMILES string of the molecule is C=C(C)CC(=O)C1CCCCCN1. The van der Waals surface area contributed by atoms with Gasteiger partial charge in [0.2, 0.25) is 0 Å². The van der Waals surface area contributed by atoms with E-state index in [9.17, 15) is 4.79 Å². The molecule has 1 unspecified atom stereocenters. The number of carbonyl (C=O) groups excluding carboxylic acids is 1. The molecule has 1 aliphatic rings. The lowest BCUT2D eigenvalue weighted by atomic mass is 10.0. The second-order valence-corrected chi connectivity index (χ2v) is 3.96. The number of Topliss-reactive ketones (excluding diaryl/α,β-unsaturated/α-hetero) is 1. The third-order valence-corrected chi connectivity index (χ3v) is 2.42. The molecule has 0 saturated carbocycles. The summed E-state index contributed by atoms with van der Waals surface area (Å²) in [6.45, 7) is 6.67. The van der Waals surface area contributed by atoms with Gasteiger partial charge in [0.1, 0.15) is 0 Å². The largest absolute Gasteiger partial charge is 0.307 e. The van der Waals surface area contributed by atoms with E-state index in [0.717, 1.165) is 18.5 Å². The minimum absolute atomic E-state index is 0.0965. The van der Waals surface area contributed by atoms with Crippen molar-refractivity contribution in [2.45, 2.75) is 45.1 Å². The van der Waals surface area contributed by atoms with Gasteiger partial charge in [-0.15, -0.1) is 0 Å². The molecule has 0 spiro atoms. The molecule has 2 heteroatoms. The van der Waals surface area contributed by atoms with Crippen molar-refractivity contribution in [1.29, 1.82) is 0 Å². The summed E-state index contributed by atoms with van der Waals surface area (Å²) in [5, 5.41) is 3.30. The number of nitrogens with one attached hydrogen (secondary N) is 1. The predicted octanol–water partition coefficient (Wildman–Crippen LogP) is 2.05. The summed E-state index contributed by atoms with van der Waals surface area (Å²) in [4.78, 5) is 11.6. The van der Waals surface area contributed by atoms with E-state index < -0.39 is 0 Å². The second-order valence-electron chi connectivity index (χ2n) is 3.96. The molecule has 1 fully saturated rings. The molecule has 2 nitrogen and oxygen atoms in total. The van der Waals surface area contributed by atoms with Gasteiger partial charge in [-0.25, -0.2) is 0 Å². The highest BCUT2D eigenvalue weighted by molar-refractivity contribution is 5.85. The zero-order chi connectivity index (χ0) is 9.68. The molecule has 0 aromatic carbocycles. The van der Waals surface area contributed by atoms with Gasteiger partial charge in [0.25, 0.3) is 0 Å². The zero-order valence-corrected chi connectivity index (χ0v) is 8.44. The Morgan fingerprint density at radius 2 is 2.23 bits per heavy atom. The van der Waals surface area contributed by atoms with E-state index in [1.807, 2.05) is 6.92 Å². The molecule has 1 atom stereocenters. The topological polar surface area (TPSA) is 29.1 Å². The molecule has 1 aliphatic heterocycles. The summed E-state index contributed by atoms with van der Waals surface area (Å²) in [6, 6.07) is 0.0965. The third kappa shape index (κ3) is 3.73. The van der Waals surface area contributed by atoms with Crippen molar-refractivity contribution in [3.63, 3.8) is 0 Å². The smallest absolute Gasteiger partial charge is 0.153 e. The van der Waals surface area contributed by atoms with Crippen LogP contribution in [0.15, 0.2) is 12.2 Å². The lowest BCUT2D eigenvalue weighted by Gasteiger charge is -2.13. The van der Waals surface area contributed by atoms with E-state index in [-0.39, 0.29) is 6.04 Å². The molecule has 0 aliphatic carbocycles. The monoisotopic (exact) mass is 181 g/mol. The van der Waals surface area contributed by atoms with E-state index >= 15 is 0 Å². The summed E-state index contributed by atoms with van der Waals surface area (Å²) < 4.78 is 0. The van der Waals surface area contributed by atoms with E-state index in [1.165, 1.54) is 19.3 Å². The van der Waals surface area contributed by atoms with Crippen molar-refractivity contribution in [3.8, 4) is 0 Å². The maximum Gasteiger partial charge on any atom is 0.153 e. The first-order valence-corrected chi connectivity index (χ1v) is 5.10. The van der Waals surface area contributed by atoms with Gasteiger partial charge in [0.15, 0.2) is 5.78 Å². The highest BCUT2D eigenvalue weighted by Gasteiger charge is 2.18. The molecule has 1 saturated heterocycles. The van der Waals surface area contributed by atoms with E-state index in [0.29, 0.717) is 12.2 Å². The van der Waals surface area contributed by atoms with Crippen LogP contribution in [0.3, 0.4) is 0 Å². The standard InChI is InChI=1S/C11H19NO/c1-9(2)8-11(13)10-6-4-3-5-7-12-10/h10,12H,1,3-8H2,2H3. The normalized spacial score (nSPS) is 23.6. The number of allylic oxidation sites excluding steroid dienone is 1. The van der Waals surface area contributed by atoms with Crippen molar-refractivity contribution < 1.29 is 4.79 Å². The average Bonchev–Trinajstić information content (AvgIpc) is 2.29. The van der Waals surface area contributed by atoms with Crippen LogP contribution in [0.1, 0.15) is 39.0 Å². The van der Waals surface area contributed by atoms with Crippen LogP contribution in [0.5, 0.6) is 0 Å². The Labute approximate surface area is 80.4 Å². The van der Waals surface area contributed by atoms with E-state index in [1.54, 1.807) is 0 Å². The predicted molar refractivity (Wildman–Crippen MR) is 54.7 cm³/mol. The lowest BCUT2D eigenvalue weighted by Crippen LogP contribution is -2.35. The first-order chi connectivity index (χ1) is 6.20. The average molecular weight is 181 g/mol. The fourth-order valence-electron chi connectivity index (χ4n) is 1.72. The van der Waals surface area contributed by atoms with Crippen LogP contribution in [0.2, 0.25) is 0 Å². The molecular weight excluding hydrogens is 162 g/mol. The summed E-state index contributed by atoms with van der Waals surface area (Å²) >= 11 is 0. The summed E-state index contributed by atoms with van der Waals surface area (Å²) in [7, 11) is 0. The number of hydrogen-bond acceptors (Lipinski definition) is 2. The molecule has 13 heavy (non-hydrogen) atoms. The van der Waals surface area contributed by atoms with Gasteiger partial charge in [-0.2, -0.15) is 0 Å². The quantitative estimate of drug-likeness (QED) is 0.675. The molecule has 1 N–H and O–H groups in total. The number of ketones is 1. The maximum absolute atomic E-state index is 11.6. The minimum Gasteiger partial charge on any atom is -0.307 e. The highest BCUT2D eigenvalue weighted by atomic mass is 16.1. The van der Waals surface area contributed by atoms with Crippen molar-refractivity contribution in [1.82, 2.24) is 5.32 Å². The number of carbonyl (C=O) groups is 1. The molecule has 0 amide bonds. The molecule has 1 heterocycles. The van der Waals surface area contributed by atoms with Crippen LogP contribution in [0.25, 0.3) is 0 Å². The minimum atomic E-state index is 0.0965. The fourth-order valence-corrected chi connectivity index (χ4v) is 1.72. The first-order valence-electron chi connectivity index (χ1n) is 5.10. The van der Waals surface area contributed by atoms with Gasteiger partial charge >= 0.3 is 0 Å². The molecule has 74 valence electrons. The van der Waals surface area contributed by atoms with Gasteiger partial charge in [0, 0.05) is 6.42 Å². The molecule has 0 bridgehead atoms. The Morgan fingerprint density at radius 1 is 1.46 bits per heavy atom. The van der Waals surface area contributed by atoms with Crippen LogP contribution in [0, 0.1) is 0 Å². The highest BCUT2D eigenvalue weighted by Crippen LogP contribution is 2.11. The first kappa shape index (κ1) is 10.5. The Morgan fingerprint density at radius 3 is 2.92 bits per heavy atom. The van der Waals surface area contributed by atoms with Crippen molar-refractivity contribution >= 4 is 5.78 Å². The van der Waals surface area contributed by atoms with Gasteiger partial charge in [-0.1, -0.05) is 25.0 Å². The maximum atomic E-state index is 11.6. The van der Waals surface area contributed by atoms with Gasteiger partial charge in [-0.05, 0) is 26.3 Å². The third-order valence-electron chi connectivity index (χ3n) is 2.42. The van der Waals surface area contributed by atoms with Crippen molar-refractivity contribution in [2.75, 3.05) is 6.54 Å². The van der Waals surface area contributed by atoms with E-state index in [4.69, 9.17) is 0 Å². The number of hydrogen-bond donors (Lipinski definition) is 1. The van der Waals surface area contributed by atoms with Crippen molar-refractivity contribution in [2.24, 2.45) is 0 Å². The fraction of sp³-hybridized carbons (Fsp3) is 0.727. The Balaban J connectivity index is 2.39. The summed E-state index contributed by atoms with van der Waals surface area (Å²) in [5.41, 5.74) is 0.969. The molecule has 0 radical (unpaired) electrons. The molecule has 0 aromatic heterocycles. The Hall–Kier alpha value is -0.630. The van der Waals surface area contributed by atoms with Crippen LogP contribution in [-0.4, -0.2) is 18.4 Å². The molecule has 1 rings (SSSR count). The van der Waals surface area contributed by atoms with Gasteiger partial charge in [-0.3, -0.25) is 4.79 Å². The molecular formula is C11H19NO. The summed E-state index contributed by atoms with van der Waals surface area (Å²) in [6.07, 6.45) is 5.18. The summed E-state index contributed by atoms with van der Waals surface area (Å²) in [5.74, 6) is 0.314. The van der Waals surface area contributed by atoms with Gasteiger partial charge in [0.05, 0.1) is 6.04 Å². The van der Waals surface area contributed by atoms with Crippen LogP contribution in [-0.2, 0) is 4.79 Å². The van der Waals surface area contributed by atoms with Crippen molar-refractivity contribution in [3.05, 3.63) is 12.2 Å². The Bertz CT molecular complexity index is 190. The lowest BCUT2D eigenvalue weighted by molar-refractivity contribution is -0.120. The second kappa shape index (κ2) is 5.18. The molecule has 0 aromatic rings. The van der Waals surface area contributed by atoms with Gasteiger partial charge < -0.3 is 5.32 Å². The Kier molecular flexibility index (Phi) is 4.16.